The van der Waals surface area contributed by atoms with Crippen LogP contribution < -0.4 is 4.74 Å². The van der Waals surface area contributed by atoms with Crippen LogP contribution in [0.15, 0.2) is 0 Å². The lowest BCUT2D eigenvalue weighted by molar-refractivity contribution is 0.109. The molecule has 1 rings (SSSR count). The van der Waals surface area contributed by atoms with Gasteiger partial charge in [-0.2, -0.15) is 0 Å². The summed E-state index contributed by atoms with van der Waals surface area (Å²) in [6.45, 7) is 1.47. The monoisotopic (exact) mass is 210 g/mol. The summed E-state index contributed by atoms with van der Waals surface area (Å²) in [5, 5.41) is 19.1. The number of ether oxygens (including phenoxy) is 1. The molecule has 0 atom stereocenters. The Bertz CT molecular complexity index is 423. The van der Waals surface area contributed by atoms with Crippen LogP contribution in [0.1, 0.15) is 26.3 Å². The Morgan fingerprint density at radius 3 is 1.93 bits per heavy atom. The normalized spacial score (nSPS) is 9.73. The summed E-state index contributed by atoms with van der Waals surface area (Å²) in [7, 11) is 1.29. The van der Waals surface area contributed by atoms with Crippen LogP contribution >= 0.6 is 0 Å². The molecule has 0 bridgehead atoms. The topological polar surface area (TPSA) is 83.8 Å². The Kier molecular flexibility index (Phi) is 2.94. The number of carbonyl (C=O) groups is 2. The van der Waals surface area contributed by atoms with Gasteiger partial charge < -0.3 is 14.9 Å². The lowest BCUT2D eigenvalue weighted by Gasteiger charge is -2.12. The lowest BCUT2D eigenvalue weighted by Crippen LogP contribution is -1.98. The Labute approximate surface area is 85.9 Å². The van der Waals surface area contributed by atoms with E-state index in [9.17, 15) is 19.8 Å². The number of carbonyl (C=O) groups excluding carboxylic acids is 2. The van der Waals surface area contributed by atoms with Crippen molar-refractivity contribution >= 4 is 12.6 Å². The minimum atomic E-state index is -0.440. The molecule has 0 radical (unpaired) electrons. The molecule has 0 aromatic heterocycles. The van der Waals surface area contributed by atoms with Gasteiger partial charge in [-0.1, -0.05) is 0 Å². The Morgan fingerprint density at radius 2 is 1.53 bits per heavy atom. The molecule has 0 spiro atoms. The zero-order valence-corrected chi connectivity index (χ0v) is 8.27. The molecule has 0 aliphatic heterocycles. The van der Waals surface area contributed by atoms with E-state index in [4.69, 9.17) is 4.74 Å². The first-order valence-corrected chi connectivity index (χ1v) is 4.11. The third kappa shape index (κ3) is 1.52. The third-order valence-corrected chi connectivity index (χ3v) is 2.15. The average Bonchev–Trinajstić information content (AvgIpc) is 2.23. The number of aromatic hydroxyl groups is 2. The van der Waals surface area contributed by atoms with Crippen molar-refractivity contribution in [2.24, 2.45) is 0 Å². The number of rotatable bonds is 3. The fraction of sp³-hybridized carbons (Fsp3) is 0.200. The first-order chi connectivity index (χ1) is 7.08. The quantitative estimate of drug-likeness (QED) is 0.575. The summed E-state index contributed by atoms with van der Waals surface area (Å²) in [5.74, 6) is -0.813. The summed E-state index contributed by atoms with van der Waals surface area (Å²) in [6, 6.07) is 0. The Morgan fingerprint density at radius 1 is 1.07 bits per heavy atom. The first kappa shape index (κ1) is 11.0. The number of hydrogen-bond donors (Lipinski definition) is 2. The number of aldehydes is 2. The van der Waals surface area contributed by atoms with Crippen molar-refractivity contribution in [1.29, 1.82) is 0 Å². The van der Waals surface area contributed by atoms with Gasteiger partial charge in [-0.3, -0.25) is 9.59 Å². The fourth-order valence-electron chi connectivity index (χ4n) is 1.35. The SMILES string of the molecule is COc1c(C)c(O)c(C=O)c(C=O)c1O. The number of phenolic OH excluding ortho intramolecular Hbond substituents is 2. The van der Waals surface area contributed by atoms with E-state index in [0.29, 0.717) is 12.6 Å². The molecule has 5 nitrogen and oxygen atoms in total. The van der Waals surface area contributed by atoms with Crippen molar-refractivity contribution in [3.63, 3.8) is 0 Å². The van der Waals surface area contributed by atoms with Crippen LogP contribution in [-0.2, 0) is 0 Å². The van der Waals surface area contributed by atoms with E-state index in [0.717, 1.165) is 0 Å². The van der Waals surface area contributed by atoms with E-state index in [2.05, 4.69) is 0 Å². The zero-order chi connectivity index (χ0) is 11.6. The molecule has 2 N–H and O–H groups in total. The highest BCUT2D eigenvalue weighted by molar-refractivity contribution is 5.97. The van der Waals surface area contributed by atoms with Gasteiger partial charge in [0.2, 0.25) is 0 Å². The second kappa shape index (κ2) is 4.00. The van der Waals surface area contributed by atoms with Gasteiger partial charge in [0.1, 0.15) is 5.75 Å². The molecule has 5 heteroatoms. The van der Waals surface area contributed by atoms with Gasteiger partial charge >= 0.3 is 0 Å². The van der Waals surface area contributed by atoms with E-state index in [1.54, 1.807) is 0 Å². The second-order valence-corrected chi connectivity index (χ2v) is 2.92. The van der Waals surface area contributed by atoms with E-state index < -0.39 is 5.75 Å². The number of methoxy groups -OCH3 is 1. The van der Waals surface area contributed by atoms with Crippen LogP contribution in [0.25, 0.3) is 0 Å². The molecule has 0 saturated heterocycles. The van der Waals surface area contributed by atoms with Crippen LogP contribution in [0.3, 0.4) is 0 Å². The van der Waals surface area contributed by atoms with Crippen molar-refractivity contribution in [2.75, 3.05) is 7.11 Å². The first-order valence-electron chi connectivity index (χ1n) is 4.11. The molecular formula is C10H10O5. The van der Waals surface area contributed by atoms with E-state index in [1.165, 1.54) is 14.0 Å². The molecule has 0 unspecified atom stereocenters. The van der Waals surface area contributed by atoms with E-state index >= 15 is 0 Å². The summed E-state index contributed by atoms with van der Waals surface area (Å²) >= 11 is 0. The molecule has 0 aliphatic carbocycles. The van der Waals surface area contributed by atoms with Crippen LogP contribution in [-0.4, -0.2) is 29.9 Å². The van der Waals surface area contributed by atoms with Crippen LogP contribution in [0.4, 0.5) is 0 Å². The van der Waals surface area contributed by atoms with Gasteiger partial charge in [-0.05, 0) is 6.92 Å². The summed E-state index contributed by atoms with van der Waals surface area (Å²) < 4.78 is 4.81. The minimum absolute atomic E-state index is 0.0137. The van der Waals surface area contributed by atoms with Crippen LogP contribution in [0, 0.1) is 6.92 Å². The molecule has 80 valence electrons. The van der Waals surface area contributed by atoms with Crippen molar-refractivity contribution < 1.29 is 24.5 Å². The highest BCUT2D eigenvalue weighted by atomic mass is 16.5. The van der Waals surface area contributed by atoms with E-state index in [1.807, 2.05) is 0 Å². The van der Waals surface area contributed by atoms with Crippen LogP contribution in [0.5, 0.6) is 17.2 Å². The largest absolute Gasteiger partial charge is 0.507 e. The lowest BCUT2D eigenvalue weighted by atomic mass is 10.0. The highest BCUT2D eigenvalue weighted by Crippen LogP contribution is 2.40. The standard InChI is InChI=1S/C10H10O5/c1-5-8(13)6(3-11)7(4-12)9(14)10(5)15-2/h3-4,13-14H,1-2H3. The van der Waals surface area contributed by atoms with Crippen molar-refractivity contribution in [1.82, 2.24) is 0 Å². The summed E-state index contributed by atoms with van der Waals surface area (Å²) in [4.78, 5) is 21.3. The van der Waals surface area contributed by atoms with Gasteiger partial charge in [0.15, 0.2) is 24.1 Å². The molecular weight excluding hydrogens is 200 g/mol. The molecule has 0 fully saturated rings. The van der Waals surface area contributed by atoms with Crippen molar-refractivity contribution in [3.05, 3.63) is 16.7 Å². The Hall–Kier alpha value is -2.04. The number of hydrogen-bond acceptors (Lipinski definition) is 5. The van der Waals surface area contributed by atoms with E-state index in [-0.39, 0.29) is 28.2 Å². The molecule has 0 amide bonds. The third-order valence-electron chi connectivity index (χ3n) is 2.15. The molecule has 1 aromatic rings. The molecule has 15 heavy (non-hydrogen) atoms. The molecule has 0 saturated carbocycles. The summed E-state index contributed by atoms with van der Waals surface area (Å²) in [5.41, 5.74) is -0.298. The smallest absolute Gasteiger partial charge is 0.169 e. The molecule has 0 heterocycles. The maximum absolute atomic E-state index is 10.7. The second-order valence-electron chi connectivity index (χ2n) is 2.92. The van der Waals surface area contributed by atoms with Gasteiger partial charge in [-0.25, -0.2) is 0 Å². The zero-order valence-electron chi connectivity index (χ0n) is 8.27. The molecule has 1 aromatic carbocycles. The predicted molar refractivity (Wildman–Crippen MR) is 51.8 cm³/mol. The highest BCUT2D eigenvalue weighted by Gasteiger charge is 2.21. The fourth-order valence-corrected chi connectivity index (χ4v) is 1.35. The van der Waals surface area contributed by atoms with Crippen LogP contribution in [0.2, 0.25) is 0 Å². The van der Waals surface area contributed by atoms with Gasteiger partial charge in [0.05, 0.1) is 18.2 Å². The summed E-state index contributed by atoms with van der Waals surface area (Å²) in [6.07, 6.45) is 0.603. The molecule has 0 aliphatic rings. The van der Waals surface area contributed by atoms with Crippen molar-refractivity contribution in [2.45, 2.75) is 6.92 Å². The maximum atomic E-state index is 10.7. The van der Waals surface area contributed by atoms with Gasteiger partial charge in [0.25, 0.3) is 0 Å². The minimum Gasteiger partial charge on any atom is -0.507 e. The Balaban J connectivity index is 3.72. The maximum Gasteiger partial charge on any atom is 0.169 e. The van der Waals surface area contributed by atoms with Gasteiger partial charge in [-0.15, -0.1) is 0 Å². The van der Waals surface area contributed by atoms with Gasteiger partial charge in [0, 0.05) is 5.56 Å². The predicted octanol–water partition coefficient (Wildman–Crippen LogP) is 1.04. The number of phenols is 2. The number of benzene rings is 1. The van der Waals surface area contributed by atoms with Crippen molar-refractivity contribution in [3.8, 4) is 17.2 Å². The average molecular weight is 210 g/mol.